The van der Waals surface area contributed by atoms with E-state index in [2.05, 4.69) is 10.6 Å². The molecule has 1 fully saturated rings. The van der Waals surface area contributed by atoms with E-state index in [1.807, 2.05) is 12.1 Å². The number of nitrogens with one attached hydrogen (secondary N) is 2. The zero-order chi connectivity index (χ0) is 14.8. The molecule has 1 aromatic carbocycles. The molecule has 1 aliphatic heterocycles. The fraction of sp³-hybridized carbons (Fsp3) is 0.500. The van der Waals surface area contributed by atoms with E-state index in [1.54, 1.807) is 13.2 Å². The van der Waals surface area contributed by atoms with Crippen LogP contribution in [0.1, 0.15) is 41.6 Å². The minimum absolute atomic E-state index is 0.0382. The predicted molar refractivity (Wildman–Crippen MR) is 79.3 cm³/mol. The molecule has 21 heavy (non-hydrogen) atoms. The largest absolute Gasteiger partial charge is 0.381 e. The van der Waals surface area contributed by atoms with Crippen molar-refractivity contribution in [1.82, 2.24) is 5.32 Å². The van der Waals surface area contributed by atoms with Crippen molar-refractivity contribution in [3.05, 3.63) is 29.3 Å². The van der Waals surface area contributed by atoms with E-state index in [1.165, 1.54) is 0 Å². The Morgan fingerprint density at radius 1 is 1.33 bits per heavy atom. The highest BCUT2D eigenvalue weighted by Gasteiger charge is 2.26. The van der Waals surface area contributed by atoms with Crippen LogP contribution < -0.4 is 10.6 Å². The van der Waals surface area contributed by atoms with Gasteiger partial charge < -0.3 is 15.4 Å². The second-order valence-electron chi connectivity index (χ2n) is 5.76. The molecule has 2 N–H and O–H groups in total. The number of benzene rings is 1. The lowest BCUT2D eigenvalue weighted by Gasteiger charge is -2.18. The summed E-state index contributed by atoms with van der Waals surface area (Å²) in [5.41, 5.74) is 2.51. The Morgan fingerprint density at radius 3 is 2.95 bits per heavy atom. The molecule has 1 aromatic rings. The molecule has 112 valence electrons. The molecule has 0 saturated heterocycles. The quantitative estimate of drug-likeness (QED) is 0.892. The number of ether oxygens (including phenoxy) is 1. The third-order valence-corrected chi connectivity index (χ3v) is 4.32. The first kappa shape index (κ1) is 14.1. The molecule has 3 rings (SSSR count). The normalized spacial score (nSPS) is 24.3. The fourth-order valence-corrected chi connectivity index (χ4v) is 3.08. The Bertz CT molecular complexity index is 571. The summed E-state index contributed by atoms with van der Waals surface area (Å²) in [6, 6.07) is 5.65. The lowest BCUT2D eigenvalue weighted by Crippen LogP contribution is -2.33. The van der Waals surface area contributed by atoms with Gasteiger partial charge >= 0.3 is 0 Å². The van der Waals surface area contributed by atoms with Gasteiger partial charge in [0.15, 0.2) is 0 Å². The maximum Gasteiger partial charge on any atom is 0.251 e. The molecular formula is C16H20N2O3. The smallest absolute Gasteiger partial charge is 0.251 e. The lowest BCUT2D eigenvalue weighted by molar-refractivity contribution is -0.116. The monoisotopic (exact) mass is 288 g/mol. The summed E-state index contributed by atoms with van der Waals surface area (Å²) in [4.78, 5) is 23.6. The Morgan fingerprint density at radius 2 is 2.19 bits per heavy atom. The first-order chi connectivity index (χ1) is 10.2. The molecule has 1 saturated carbocycles. The van der Waals surface area contributed by atoms with E-state index in [0.717, 1.165) is 30.5 Å². The van der Waals surface area contributed by atoms with E-state index in [4.69, 9.17) is 4.74 Å². The molecule has 0 radical (unpaired) electrons. The predicted octanol–water partition coefficient (Wildman–Crippen LogP) is 1.87. The van der Waals surface area contributed by atoms with Gasteiger partial charge in [0.2, 0.25) is 5.91 Å². The van der Waals surface area contributed by atoms with E-state index >= 15 is 0 Å². The Kier molecular flexibility index (Phi) is 3.92. The van der Waals surface area contributed by atoms with Crippen molar-refractivity contribution in [3.8, 4) is 0 Å². The van der Waals surface area contributed by atoms with Crippen molar-refractivity contribution in [2.75, 3.05) is 12.4 Å². The highest BCUT2D eigenvalue weighted by Crippen LogP contribution is 2.25. The summed E-state index contributed by atoms with van der Waals surface area (Å²) in [5.74, 6) is -0.00674. The van der Waals surface area contributed by atoms with Gasteiger partial charge in [-0.1, -0.05) is 0 Å². The molecule has 2 amide bonds. The molecule has 2 atom stereocenters. The SMILES string of the molecule is COC1CCC(NC(=O)c2ccc3c(c2)CCC(=O)N3)C1. The van der Waals surface area contributed by atoms with Crippen molar-refractivity contribution in [2.45, 2.75) is 44.2 Å². The van der Waals surface area contributed by atoms with Crippen LogP contribution in [0.25, 0.3) is 0 Å². The van der Waals surface area contributed by atoms with Gasteiger partial charge in [-0.3, -0.25) is 9.59 Å². The van der Waals surface area contributed by atoms with E-state index in [0.29, 0.717) is 18.4 Å². The first-order valence-corrected chi connectivity index (χ1v) is 7.42. The molecule has 2 aliphatic rings. The zero-order valence-corrected chi connectivity index (χ0v) is 12.1. The highest BCUT2D eigenvalue weighted by molar-refractivity contribution is 5.98. The topological polar surface area (TPSA) is 67.4 Å². The molecule has 5 nitrogen and oxygen atoms in total. The Balaban J connectivity index is 1.67. The number of aryl methyl sites for hydroxylation is 1. The van der Waals surface area contributed by atoms with Crippen LogP contribution in [0.2, 0.25) is 0 Å². The summed E-state index contributed by atoms with van der Waals surface area (Å²) < 4.78 is 5.32. The number of carbonyl (C=O) groups excluding carboxylic acids is 2. The first-order valence-electron chi connectivity index (χ1n) is 7.42. The summed E-state index contributed by atoms with van der Waals surface area (Å²) in [6.07, 6.45) is 4.27. The van der Waals surface area contributed by atoms with Gasteiger partial charge in [-0.25, -0.2) is 0 Å². The van der Waals surface area contributed by atoms with Crippen molar-refractivity contribution < 1.29 is 14.3 Å². The van der Waals surface area contributed by atoms with Gasteiger partial charge in [-0.05, 0) is 49.4 Å². The summed E-state index contributed by atoms with van der Waals surface area (Å²) in [5, 5.41) is 5.89. The van der Waals surface area contributed by atoms with Crippen molar-refractivity contribution in [3.63, 3.8) is 0 Å². The van der Waals surface area contributed by atoms with Crippen LogP contribution in [0.4, 0.5) is 5.69 Å². The fourth-order valence-electron chi connectivity index (χ4n) is 3.08. The number of hydrogen-bond acceptors (Lipinski definition) is 3. The molecule has 5 heteroatoms. The lowest BCUT2D eigenvalue weighted by atomic mass is 10.00. The Labute approximate surface area is 124 Å². The highest BCUT2D eigenvalue weighted by atomic mass is 16.5. The maximum atomic E-state index is 12.3. The van der Waals surface area contributed by atoms with E-state index < -0.39 is 0 Å². The number of methoxy groups -OCH3 is 1. The minimum atomic E-state index is -0.0450. The van der Waals surface area contributed by atoms with Crippen LogP contribution in [-0.2, 0) is 16.0 Å². The molecule has 1 heterocycles. The summed E-state index contributed by atoms with van der Waals surface area (Å²) in [7, 11) is 1.71. The molecule has 0 spiro atoms. The minimum Gasteiger partial charge on any atom is -0.381 e. The second kappa shape index (κ2) is 5.85. The van der Waals surface area contributed by atoms with Gasteiger partial charge in [-0.15, -0.1) is 0 Å². The van der Waals surface area contributed by atoms with Gasteiger partial charge in [0.25, 0.3) is 5.91 Å². The Hall–Kier alpha value is -1.88. The van der Waals surface area contributed by atoms with Crippen LogP contribution in [0, 0.1) is 0 Å². The molecule has 2 unspecified atom stereocenters. The van der Waals surface area contributed by atoms with E-state index in [-0.39, 0.29) is 24.0 Å². The maximum absolute atomic E-state index is 12.3. The van der Waals surface area contributed by atoms with Gasteiger partial charge in [0.1, 0.15) is 0 Å². The zero-order valence-electron chi connectivity index (χ0n) is 12.1. The summed E-state index contributed by atoms with van der Waals surface area (Å²) in [6.45, 7) is 0. The van der Waals surface area contributed by atoms with Crippen molar-refractivity contribution >= 4 is 17.5 Å². The van der Waals surface area contributed by atoms with Crippen LogP contribution in [0.5, 0.6) is 0 Å². The number of carbonyl (C=O) groups is 2. The number of anilines is 1. The standard InChI is InChI=1S/C16H20N2O3/c1-21-13-5-4-12(9-13)17-16(20)11-2-6-14-10(8-11)3-7-15(19)18-14/h2,6,8,12-13H,3-5,7,9H2,1H3,(H,17,20)(H,18,19). The summed E-state index contributed by atoms with van der Waals surface area (Å²) >= 11 is 0. The van der Waals surface area contributed by atoms with Crippen LogP contribution >= 0.6 is 0 Å². The molecule has 0 bridgehead atoms. The van der Waals surface area contributed by atoms with Gasteiger partial charge in [-0.2, -0.15) is 0 Å². The van der Waals surface area contributed by atoms with Crippen molar-refractivity contribution in [1.29, 1.82) is 0 Å². The number of rotatable bonds is 3. The van der Waals surface area contributed by atoms with Gasteiger partial charge in [0.05, 0.1) is 6.10 Å². The number of amides is 2. The average molecular weight is 288 g/mol. The molecule has 1 aliphatic carbocycles. The van der Waals surface area contributed by atoms with E-state index in [9.17, 15) is 9.59 Å². The van der Waals surface area contributed by atoms with Crippen LogP contribution in [0.15, 0.2) is 18.2 Å². The average Bonchev–Trinajstić information content (AvgIpc) is 2.94. The number of fused-ring (bicyclic) bond motifs is 1. The molecule has 0 aromatic heterocycles. The van der Waals surface area contributed by atoms with Gasteiger partial charge in [0, 0.05) is 30.8 Å². The van der Waals surface area contributed by atoms with Crippen LogP contribution in [-0.4, -0.2) is 31.1 Å². The third kappa shape index (κ3) is 3.08. The van der Waals surface area contributed by atoms with Crippen molar-refractivity contribution in [2.24, 2.45) is 0 Å². The molecular weight excluding hydrogens is 268 g/mol. The third-order valence-electron chi connectivity index (χ3n) is 4.32. The number of hydrogen-bond donors (Lipinski definition) is 2. The van der Waals surface area contributed by atoms with Crippen LogP contribution in [0.3, 0.4) is 0 Å². The second-order valence-corrected chi connectivity index (χ2v) is 5.76.